The van der Waals surface area contributed by atoms with Gasteiger partial charge in [-0.1, -0.05) is 0 Å². The third-order valence-corrected chi connectivity index (χ3v) is 1.61. The minimum Gasteiger partial charge on any atom is -0.463 e. The van der Waals surface area contributed by atoms with Gasteiger partial charge < -0.3 is 9.84 Å². The summed E-state index contributed by atoms with van der Waals surface area (Å²) in [5.41, 5.74) is 0. The van der Waals surface area contributed by atoms with Gasteiger partial charge in [-0.25, -0.2) is 0 Å². The van der Waals surface area contributed by atoms with E-state index in [1.54, 1.807) is 0 Å². The van der Waals surface area contributed by atoms with Crippen LogP contribution in [0, 0.1) is 0 Å². The average molecular weight is 212 g/mol. The van der Waals surface area contributed by atoms with Crippen molar-refractivity contribution in [3.05, 3.63) is 0 Å². The van der Waals surface area contributed by atoms with E-state index in [2.05, 4.69) is 8.92 Å². The second-order valence-corrected chi connectivity index (χ2v) is 4.01. The van der Waals surface area contributed by atoms with Crippen LogP contribution in [0.2, 0.25) is 0 Å². The Morgan fingerprint density at radius 1 is 1.54 bits per heavy atom. The van der Waals surface area contributed by atoms with Crippen molar-refractivity contribution in [1.82, 2.24) is 0 Å². The maximum Gasteiger partial charge on any atom is 0.302 e. The lowest BCUT2D eigenvalue weighted by Gasteiger charge is -2.12. The summed E-state index contributed by atoms with van der Waals surface area (Å²) in [6, 6.07) is 0. The van der Waals surface area contributed by atoms with E-state index in [0.717, 1.165) is 6.26 Å². The van der Waals surface area contributed by atoms with Crippen LogP contribution >= 0.6 is 0 Å². The number of carbonyl (C=O) groups excluding carboxylic acids is 1. The highest BCUT2D eigenvalue weighted by atomic mass is 32.2. The Balaban J connectivity index is 3.98. The molecule has 0 saturated carbocycles. The smallest absolute Gasteiger partial charge is 0.302 e. The van der Waals surface area contributed by atoms with Crippen molar-refractivity contribution in [2.24, 2.45) is 0 Å². The summed E-state index contributed by atoms with van der Waals surface area (Å²) in [5.74, 6) is -0.560. The van der Waals surface area contributed by atoms with Crippen LogP contribution in [0.4, 0.5) is 0 Å². The van der Waals surface area contributed by atoms with Crippen molar-refractivity contribution in [1.29, 1.82) is 0 Å². The SMILES string of the molecule is CC(=O)OC[C@@H](CO)OS(C)(=O)=O. The topological polar surface area (TPSA) is 89.9 Å². The third kappa shape index (κ3) is 7.69. The molecule has 0 aromatic carbocycles. The fourth-order valence-corrected chi connectivity index (χ4v) is 1.18. The van der Waals surface area contributed by atoms with Crippen molar-refractivity contribution in [3.8, 4) is 0 Å². The fraction of sp³-hybridized carbons (Fsp3) is 0.833. The lowest BCUT2D eigenvalue weighted by atomic mass is 10.4. The quantitative estimate of drug-likeness (QED) is 0.459. The van der Waals surface area contributed by atoms with Crippen molar-refractivity contribution < 1.29 is 27.2 Å². The van der Waals surface area contributed by atoms with Gasteiger partial charge in [-0.2, -0.15) is 8.42 Å². The molecule has 7 heteroatoms. The molecule has 0 heterocycles. The van der Waals surface area contributed by atoms with Crippen molar-refractivity contribution in [2.75, 3.05) is 19.5 Å². The summed E-state index contributed by atoms with van der Waals surface area (Å²) in [6.07, 6.45) is -0.178. The van der Waals surface area contributed by atoms with Gasteiger partial charge in [0.2, 0.25) is 0 Å². The molecule has 0 aromatic heterocycles. The molecule has 0 radical (unpaired) electrons. The number of hydrogen-bond donors (Lipinski definition) is 1. The molecule has 0 aliphatic carbocycles. The summed E-state index contributed by atoms with van der Waals surface area (Å²) >= 11 is 0. The molecule has 6 nitrogen and oxygen atoms in total. The molecular weight excluding hydrogens is 200 g/mol. The zero-order chi connectivity index (χ0) is 10.5. The highest BCUT2D eigenvalue weighted by Gasteiger charge is 2.15. The zero-order valence-electron chi connectivity index (χ0n) is 7.39. The Labute approximate surface area is 76.6 Å². The van der Waals surface area contributed by atoms with Gasteiger partial charge in [-0.15, -0.1) is 0 Å². The minimum atomic E-state index is -3.63. The Hall–Kier alpha value is -0.660. The van der Waals surface area contributed by atoms with Gasteiger partial charge in [-0.3, -0.25) is 8.98 Å². The second kappa shape index (κ2) is 5.15. The van der Waals surface area contributed by atoms with E-state index in [1.807, 2.05) is 0 Å². The summed E-state index contributed by atoms with van der Waals surface area (Å²) in [5, 5.41) is 8.62. The average Bonchev–Trinajstić information content (AvgIpc) is 1.95. The van der Waals surface area contributed by atoms with Crippen LogP contribution in [0.15, 0.2) is 0 Å². The number of esters is 1. The molecule has 13 heavy (non-hydrogen) atoms. The first kappa shape index (κ1) is 12.3. The maximum absolute atomic E-state index is 10.6. The molecule has 0 fully saturated rings. The van der Waals surface area contributed by atoms with Crippen molar-refractivity contribution in [3.63, 3.8) is 0 Å². The first-order valence-corrected chi connectivity index (χ1v) is 5.29. The van der Waals surface area contributed by atoms with Crippen LogP contribution in [-0.2, 0) is 23.8 Å². The van der Waals surface area contributed by atoms with Crippen LogP contribution in [0.1, 0.15) is 6.92 Å². The molecule has 0 bridgehead atoms. The van der Waals surface area contributed by atoms with E-state index >= 15 is 0 Å². The number of rotatable bonds is 5. The first-order chi connectivity index (χ1) is 5.85. The number of carbonyl (C=O) groups is 1. The normalized spacial score (nSPS) is 13.8. The predicted octanol–water partition coefficient (Wildman–Crippen LogP) is -1.11. The van der Waals surface area contributed by atoms with Gasteiger partial charge >= 0.3 is 5.97 Å². The largest absolute Gasteiger partial charge is 0.463 e. The molecule has 0 aliphatic heterocycles. The summed E-state index contributed by atoms with van der Waals surface area (Å²) in [7, 11) is -3.63. The molecule has 1 atom stereocenters. The zero-order valence-corrected chi connectivity index (χ0v) is 8.20. The highest BCUT2D eigenvalue weighted by molar-refractivity contribution is 7.86. The van der Waals surface area contributed by atoms with Gasteiger partial charge in [0.05, 0.1) is 12.9 Å². The van der Waals surface area contributed by atoms with Crippen molar-refractivity contribution in [2.45, 2.75) is 13.0 Å². The molecule has 0 rings (SSSR count). The van der Waals surface area contributed by atoms with Crippen LogP contribution in [0.25, 0.3) is 0 Å². The predicted molar refractivity (Wildman–Crippen MR) is 43.4 cm³/mol. The van der Waals surface area contributed by atoms with E-state index in [4.69, 9.17) is 5.11 Å². The molecule has 0 aromatic rings. The Kier molecular flexibility index (Phi) is 4.89. The van der Waals surface area contributed by atoms with E-state index < -0.39 is 28.8 Å². The summed E-state index contributed by atoms with van der Waals surface area (Å²) < 4.78 is 30.0. The van der Waals surface area contributed by atoms with Gasteiger partial charge in [-0.05, 0) is 0 Å². The monoisotopic (exact) mass is 212 g/mol. The highest BCUT2D eigenvalue weighted by Crippen LogP contribution is 1.98. The van der Waals surface area contributed by atoms with Gasteiger partial charge in [0.1, 0.15) is 12.7 Å². The number of aliphatic hydroxyl groups excluding tert-OH is 1. The summed E-state index contributed by atoms with van der Waals surface area (Å²) in [6.45, 7) is 0.369. The maximum atomic E-state index is 10.6. The van der Waals surface area contributed by atoms with Crippen molar-refractivity contribution >= 4 is 16.1 Å². The fourth-order valence-electron chi connectivity index (χ4n) is 0.568. The van der Waals surface area contributed by atoms with Crippen LogP contribution in [0.5, 0.6) is 0 Å². The van der Waals surface area contributed by atoms with Crippen LogP contribution in [-0.4, -0.2) is 45.1 Å². The molecule has 0 aliphatic rings. The molecule has 1 N–H and O–H groups in total. The number of ether oxygens (including phenoxy) is 1. The molecule has 0 amide bonds. The lowest BCUT2D eigenvalue weighted by Crippen LogP contribution is -2.27. The lowest BCUT2D eigenvalue weighted by molar-refractivity contribution is -0.143. The molecule has 78 valence electrons. The Morgan fingerprint density at radius 3 is 2.38 bits per heavy atom. The van der Waals surface area contributed by atoms with Gasteiger partial charge in [0.25, 0.3) is 10.1 Å². The van der Waals surface area contributed by atoms with Gasteiger partial charge in [0.15, 0.2) is 0 Å². The number of hydrogen-bond acceptors (Lipinski definition) is 6. The molecule has 0 unspecified atom stereocenters. The molecule has 0 spiro atoms. The standard InChI is InChI=1S/C6H12O6S/c1-5(8)11-4-6(3-7)12-13(2,9)10/h6-7H,3-4H2,1-2H3/t6-/m1/s1. The Morgan fingerprint density at radius 2 is 2.08 bits per heavy atom. The van der Waals surface area contributed by atoms with E-state index in [0.29, 0.717) is 0 Å². The van der Waals surface area contributed by atoms with Crippen LogP contribution in [0.3, 0.4) is 0 Å². The minimum absolute atomic E-state index is 0.279. The molecule has 0 saturated heterocycles. The Bertz CT molecular complexity index is 256. The third-order valence-electron chi connectivity index (χ3n) is 0.987. The number of aliphatic hydroxyl groups is 1. The van der Waals surface area contributed by atoms with E-state index in [-0.39, 0.29) is 6.61 Å². The van der Waals surface area contributed by atoms with E-state index in [9.17, 15) is 13.2 Å². The van der Waals surface area contributed by atoms with Gasteiger partial charge in [0, 0.05) is 6.92 Å². The summed E-state index contributed by atoms with van der Waals surface area (Å²) in [4.78, 5) is 10.3. The second-order valence-electron chi connectivity index (χ2n) is 2.41. The van der Waals surface area contributed by atoms with Crippen LogP contribution < -0.4 is 0 Å². The molecular formula is C6H12O6S. The first-order valence-electron chi connectivity index (χ1n) is 3.47. The van der Waals surface area contributed by atoms with E-state index in [1.165, 1.54) is 6.92 Å².